The lowest BCUT2D eigenvalue weighted by Gasteiger charge is -2.35. The average molecular weight is 276 g/mol. The molecule has 1 fully saturated rings. The molecular weight excluding hydrogens is 248 g/mol. The maximum Gasteiger partial charge on any atom is 0.0562 e. The summed E-state index contributed by atoms with van der Waals surface area (Å²) in [6.45, 7) is 14.3. The third kappa shape index (κ3) is 4.46. The minimum Gasteiger partial charge on any atom is -0.369 e. The second-order valence-electron chi connectivity index (χ2n) is 5.95. The number of likely N-dealkylation sites (N-methyl/N-ethyl adjacent to an activating group) is 1. The van der Waals surface area contributed by atoms with Crippen molar-refractivity contribution >= 4 is 5.69 Å². The Hall–Kier alpha value is -1.13. The summed E-state index contributed by atoms with van der Waals surface area (Å²) in [7, 11) is 0. The van der Waals surface area contributed by atoms with Crippen molar-refractivity contribution in [3.05, 3.63) is 24.0 Å². The fourth-order valence-corrected chi connectivity index (χ4v) is 2.57. The van der Waals surface area contributed by atoms with Gasteiger partial charge in [-0.25, -0.2) is 0 Å². The van der Waals surface area contributed by atoms with E-state index in [0.29, 0.717) is 5.92 Å². The Balaban J connectivity index is 1.89. The zero-order valence-electron chi connectivity index (χ0n) is 13.1. The van der Waals surface area contributed by atoms with Crippen LogP contribution >= 0.6 is 0 Å². The summed E-state index contributed by atoms with van der Waals surface area (Å²) in [5.74, 6) is 0.681. The van der Waals surface area contributed by atoms with Crippen molar-refractivity contribution in [3.8, 4) is 0 Å². The Labute approximate surface area is 123 Å². The minimum absolute atomic E-state index is 0.681. The summed E-state index contributed by atoms with van der Waals surface area (Å²) in [5.41, 5.74) is 2.46. The van der Waals surface area contributed by atoms with Crippen LogP contribution in [0.1, 0.15) is 26.5 Å². The van der Waals surface area contributed by atoms with Gasteiger partial charge in [-0.1, -0.05) is 20.8 Å². The van der Waals surface area contributed by atoms with Gasteiger partial charge in [-0.15, -0.1) is 0 Å². The minimum atomic E-state index is 0.681. The summed E-state index contributed by atoms with van der Waals surface area (Å²) in [6, 6.07) is 4.36. The van der Waals surface area contributed by atoms with E-state index < -0.39 is 0 Å². The van der Waals surface area contributed by atoms with Crippen LogP contribution in [-0.4, -0.2) is 49.2 Å². The highest BCUT2D eigenvalue weighted by atomic mass is 15.3. The van der Waals surface area contributed by atoms with Crippen LogP contribution in [0.4, 0.5) is 5.69 Å². The zero-order valence-corrected chi connectivity index (χ0v) is 13.1. The Morgan fingerprint density at radius 1 is 1.25 bits per heavy atom. The van der Waals surface area contributed by atoms with E-state index in [-0.39, 0.29) is 0 Å². The normalized spacial score (nSPS) is 16.9. The van der Waals surface area contributed by atoms with Gasteiger partial charge in [-0.2, -0.15) is 0 Å². The van der Waals surface area contributed by atoms with E-state index in [4.69, 9.17) is 0 Å². The number of nitrogens with one attached hydrogen (secondary N) is 1. The molecule has 4 heteroatoms. The van der Waals surface area contributed by atoms with Crippen molar-refractivity contribution in [2.24, 2.45) is 5.92 Å². The van der Waals surface area contributed by atoms with Crippen LogP contribution < -0.4 is 10.2 Å². The van der Waals surface area contributed by atoms with Crippen LogP contribution in [0.2, 0.25) is 0 Å². The first-order valence-electron chi connectivity index (χ1n) is 7.82. The molecule has 20 heavy (non-hydrogen) atoms. The van der Waals surface area contributed by atoms with Gasteiger partial charge >= 0.3 is 0 Å². The molecule has 0 saturated carbocycles. The molecule has 112 valence electrons. The first kappa shape index (κ1) is 15.3. The molecule has 0 aromatic carbocycles. The van der Waals surface area contributed by atoms with Gasteiger partial charge in [0.25, 0.3) is 0 Å². The summed E-state index contributed by atoms with van der Waals surface area (Å²) in [4.78, 5) is 9.44. The van der Waals surface area contributed by atoms with Crippen LogP contribution in [0.15, 0.2) is 18.3 Å². The van der Waals surface area contributed by atoms with Crippen LogP contribution in [0.3, 0.4) is 0 Å². The van der Waals surface area contributed by atoms with E-state index in [1.165, 1.54) is 18.8 Å². The monoisotopic (exact) mass is 276 g/mol. The molecule has 1 aromatic rings. The molecule has 0 atom stereocenters. The standard InChI is InChI=1S/C16H28N4/c1-4-19-7-9-20(10-8-19)16-5-6-18-15(11-16)13-17-12-14(2)3/h5-6,11,14,17H,4,7-10,12-13H2,1-3H3. The molecule has 0 spiro atoms. The highest BCUT2D eigenvalue weighted by Crippen LogP contribution is 2.16. The number of rotatable bonds is 6. The molecule has 4 nitrogen and oxygen atoms in total. The lowest BCUT2D eigenvalue weighted by molar-refractivity contribution is 0.271. The maximum absolute atomic E-state index is 4.46. The third-order valence-corrected chi connectivity index (χ3v) is 3.84. The van der Waals surface area contributed by atoms with E-state index in [2.05, 4.69) is 53.0 Å². The predicted molar refractivity (Wildman–Crippen MR) is 85.1 cm³/mol. The maximum atomic E-state index is 4.46. The number of anilines is 1. The lowest BCUT2D eigenvalue weighted by Crippen LogP contribution is -2.46. The Kier molecular flexibility index (Phi) is 5.80. The molecule has 2 heterocycles. The van der Waals surface area contributed by atoms with E-state index in [1.54, 1.807) is 0 Å². The van der Waals surface area contributed by atoms with Crippen molar-refractivity contribution in [2.45, 2.75) is 27.3 Å². The number of hydrogen-bond donors (Lipinski definition) is 1. The second-order valence-corrected chi connectivity index (χ2v) is 5.95. The van der Waals surface area contributed by atoms with Gasteiger partial charge in [-0.05, 0) is 31.1 Å². The van der Waals surface area contributed by atoms with Crippen LogP contribution in [0.25, 0.3) is 0 Å². The van der Waals surface area contributed by atoms with Crippen molar-refractivity contribution in [2.75, 3.05) is 44.2 Å². The van der Waals surface area contributed by atoms with Gasteiger partial charge in [0.1, 0.15) is 0 Å². The predicted octanol–water partition coefficient (Wildman–Crippen LogP) is 1.97. The van der Waals surface area contributed by atoms with Crippen LogP contribution in [0.5, 0.6) is 0 Å². The zero-order chi connectivity index (χ0) is 14.4. The molecule has 1 N–H and O–H groups in total. The van der Waals surface area contributed by atoms with Crippen molar-refractivity contribution in [3.63, 3.8) is 0 Å². The molecule has 1 saturated heterocycles. The second kappa shape index (κ2) is 7.60. The van der Waals surface area contributed by atoms with Crippen molar-refractivity contribution < 1.29 is 0 Å². The molecule has 0 bridgehead atoms. The summed E-state index contributed by atoms with van der Waals surface area (Å²) >= 11 is 0. The molecule has 0 unspecified atom stereocenters. The fourth-order valence-electron chi connectivity index (χ4n) is 2.57. The third-order valence-electron chi connectivity index (χ3n) is 3.84. The summed E-state index contributed by atoms with van der Waals surface area (Å²) < 4.78 is 0. The van der Waals surface area contributed by atoms with E-state index >= 15 is 0 Å². The number of piperazine rings is 1. The lowest BCUT2D eigenvalue weighted by atomic mass is 10.2. The first-order chi connectivity index (χ1) is 9.69. The van der Waals surface area contributed by atoms with E-state index in [0.717, 1.165) is 38.4 Å². The molecule has 1 aromatic heterocycles. The van der Waals surface area contributed by atoms with Gasteiger partial charge in [0.05, 0.1) is 5.69 Å². The highest BCUT2D eigenvalue weighted by molar-refractivity contribution is 5.47. The number of hydrogen-bond acceptors (Lipinski definition) is 4. The van der Waals surface area contributed by atoms with Crippen molar-refractivity contribution in [1.82, 2.24) is 15.2 Å². The van der Waals surface area contributed by atoms with Crippen LogP contribution in [-0.2, 0) is 6.54 Å². The summed E-state index contributed by atoms with van der Waals surface area (Å²) in [5, 5.41) is 3.46. The number of nitrogens with zero attached hydrogens (tertiary/aromatic N) is 3. The molecule has 0 aliphatic carbocycles. The van der Waals surface area contributed by atoms with Gasteiger partial charge in [-0.3, -0.25) is 4.98 Å². The quantitative estimate of drug-likeness (QED) is 0.861. The Morgan fingerprint density at radius 2 is 2.00 bits per heavy atom. The van der Waals surface area contributed by atoms with Gasteiger partial charge < -0.3 is 15.1 Å². The summed E-state index contributed by atoms with van der Waals surface area (Å²) in [6.07, 6.45) is 1.94. The largest absolute Gasteiger partial charge is 0.369 e. The molecule has 1 aliphatic heterocycles. The molecule has 0 radical (unpaired) electrons. The smallest absolute Gasteiger partial charge is 0.0562 e. The highest BCUT2D eigenvalue weighted by Gasteiger charge is 2.16. The fraction of sp³-hybridized carbons (Fsp3) is 0.688. The van der Waals surface area contributed by atoms with Gasteiger partial charge in [0.2, 0.25) is 0 Å². The topological polar surface area (TPSA) is 31.4 Å². The van der Waals surface area contributed by atoms with Crippen LogP contribution in [0, 0.1) is 5.92 Å². The number of pyridine rings is 1. The average Bonchev–Trinajstić information content (AvgIpc) is 2.47. The van der Waals surface area contributed by atoms with Crippen molar-refractivity contribution in [1.29, 1.82) is 0 Å². The first-order valence-corrected chi connectivity index (χ1v) is 7.82. The van der Waals surface area contributed by atoms with E-state index in [1.807, 2.05) is 6.20 Å². The molecule has 0 amide bonds. The van der Waals surface area contributed by atoms with Gasteiger partial charge in [0, 0.05) is 44.6 Å². The number of aromatic nitrogens is 1. The molecule has 2 rings (SSSR count). The van der Waals surface area contributed by atoms with E-state index in [9.17, 15) is 0 Å². The van der Waals surface area contributed by atoms with Gasteiger partial charge in [0.15, 0.2) is 0 Å². The SMILES string of the molecule is CCN1CCN(c2ccnc(CNCC(C)C)c2)CC1. The Bertz CT molecular complexity index is 397. The molecular formula is C16H28N4. The molecule has 1 aliphatic rings. The Morgan fingerprint density at radius 3 is 2.65 bits per heavy atom.